The number of sulfonamides is 1. The van der Waals surface area contributed by atoms with E-state index in [0.717, 1.165) is 23.6 Å². The smallest absolute Gasteiger partial charge is 0.255 e. The third-order valence-electron chi connectivity index (χ3n) is 4.81. The first-order chi connectivity index (χ1) is 13.0. The lowest BCUT2D eigenvalue weighted by atomic mass is 10.1. The van der Waals surface area contributed by atoms with Crippen LogP contribution >= 0.6 is 0 Å². The van der Waals surface area contributed by atoms with Gasteiger partial charge in [-0.25, -0.2) is 8.42 Å². The molecule has 5 nitrogen and oxygen atoms in total. The standard InChI is InChI=1S/C21H20N2O3S/c24-21(22-19-11-10-16-6-1-2-7-17(16)14-19)18-8-5-9-20(15-18)27(25,26)23-12-3-4-13-23/h1-2,5-11,14-15H,3-4,12-13H2,(H,22,24). The van der Waals surface area contributed by atoms with E-state index in [2.05, 4.69) is 5.32 Å². The normalized spacial score (nSPS) is 15.1. The second-order valence-corrected chi connectivity index (χ2v) is 8.59. The second-order valence-electron chi connectivity index (χ2n) is 6.66. The second kappa shape index (κ2) is 7.13. The number of hydrogen-bond acceptors (Lipinski definition) is 3. The molecule has 0 aromatic heterocycles. The van der Waals surface area contributed by atoms with Crippen LogP contribution in [0.3, 0.4) is 0 Å². The van der Waals surface area contributed by atoms with Crippen LogP contribution in [-0.2, 0) is 10.0 Å². The van der Waals surface area contributed by atoms with Gasteiger partial charge in [0.1, 0.15) is 0 Å². The molecule has 0 bridgehead atoms. The predicted octanol–water partition coefficient (Wildman–Crippen LogP) is 3.88. The van der Waals surface area contributed by atoms with Crippen LogP contribution in [0.25, 0.3) is 10.8 Å². The lowest BCUT2D eigenvalue weighted by molar-refractivity contribution is 0.102. The van der Waals surface area contributed by atoms with Crippen LogP contribution in [-0.4, -0.2) is 31.7 Å². The van der Waals surface area contributed by atoms with Crippen molar-refractivity contribution in [3.05, 3.63) is 72.3 Å². The maximum Gasteiger partial charge on any atom is 0.255 e. The van der Waals surface area contributed by atoms with Gasteiger partial charge in [0.05, 0.1) is 4.90 Å². The maximum atomic E-state index is 12.7. The van der Waals surface area contributed by atoms with Crippen LogP contribution in [0.1, 0.15) is 23.2 Å². The van der Waals surface area contributed by atoms with Gasteiger partial charge in [0, 0.05) is 24.3 Å². The summed E-state index contributed by atoms with van der Waals surface area (Å²) in [7, 11) is -3.54. The number of rotatable bonds is 4. The van der Waals surface area contributed by atoms with E-state index in [-0.39, 0.29) is 10.8 Å². The first-order valence-electron chi connectivity index (χ1n) is 8.94. The Morgan fingerprint density at radius 2 is 1.59 bits per heavy atom. The van der Waals surface area contributed by atoms with Gasteiger partial charge in [0.2, 0.25) is 10.0 Å². The van der Waals surface area contributed by atoms with Gasteiger partial charge >= 0.3 is 0 Å². The molecule has 1 aliphatic heterocycles. The maximum absolute atomic E-state index is 12.7. The van der Waals surface area contributed by atoms with Crippen molar-refractivity contribution in [2.45, 2.75) is 17.7 Å². The molecule has 1 heterocycles. The van der Waals surface area contributed by atoms with E-state index in [9.17, 15) is 13.2 Å². The Balaban J connectivity index is 1.58. The molecule has 4 rings (SSSR count). The molecule has 0 atom stereocenters. The van der Waals surface area contributed by atoms with Crippen molar-refractivity contribution >= 4 is 32.4 Å². The Morgan fingerprint density at radius 3 is 2.37 bits per heavy atom. The Hall–Kier alpha value is -2.70. The van der Waals surface area contributed by atoms with Crippen molar-refractivity contribution in [1.82, 2.24) is 4.31 Å². The Morgan fingerprint density at radius 1 is 0.852 bits per heavy atom. The summed E-state index contributed by atoms with van der Waals surface area (Å²) in [4.78, 5) is 12.8. The minimum absolute atomic E-state index is 0.163. The minimum Gasteiger partial charge on any atom is -0.322 e. The fourth-order valence-corrected chi connectivity index (χ4v) is 4.91. The number of carbonyl (C=O) groups excluding carboxylic acids is 1. The van der Waals surface area contributed by atoms with Crippen molar-refractivity contribution in [2.24, 2.45) is 0 Å². The molecule has 3 aromatic carbocycles. The largest absolute Gasteiger partial charge is 0.322 e. The minimum atomic E-state index is -3.54. The van der Waals surface area contributed by atoms with Crippen molar-refractivity contribution in [3.63, 3.8) is 0 Å². The van der Waals surface area contributed by atoms with Gasteiger partial charge in [-0.15, -0.1) is 0 Å². The average molecular weight is 380 g/mol. The molecule has 1 fully saturated rings. The van der Waals surface area contributed by atoms with Gasteiger partial charge in [-0.1, -0.05) is 36.4 Å². The highest BCUT2D eigenvalue weighted by Crippen LogP contribution is 2.23. The van der Waals surface area contributed by atoms with Gasteiger partial charge in [0.15, 0.2) is 0 Å². The molecule has 138 valence electrons. The van der Waals surface area contributed by atoms with Crippen LogP contribution in [0, 0.1) is 0 Å². The van der Waals surface area contributed by atoms with E-state index in [1.165, 1.54) is 10.4 Å². The molecular formula is C21H20N2O3S. The fraction of sp³-hybridized carbons (Fsp3) is 0.190. The van der Waals surface area contributed by atoms with Crippen molar-refractivity contribution in [3.8, 4) is 0 Å². The van der Waals surface area contributed by atoms with Crippen LogP contribution in [0.4, 0.5) is 5.69 Å². The van der Waals surface area contributed by atoms with Crippen molar-refractivity contribution in [1.29, 1.82) is 0 Å². The number of nitrogens with zero attached hydrogens (tertiary/aromatic N) is 1. The summed E-state index contributed by atoms with van der Waals surface area (Å²) < 4.78 is 26.9. The summed E-state index contributed by atoms with van der Waals surface area (Å²) in [6.07, 6.45) is 1.75. The summed E-state index contributed by atoms with van der Waals surface area (Å²) >= 11 is 0. The summed E-state index contributed by atoms with van der Waals surface area (Å²) in [5.74, 6) is -0.330. The fourth-order valence-electron chi connectivity index (χ4n) is 3.35. The zero-order valence-electron chi connectivity index (χ0n) is 14.8. The van der Waals surface area contributed by atoms with Crippen LogP contribution < -0.4 is 5.32 Å². The summed E-state index contributed by atoms with van der Waals surface area (Å²) in [6.45, 7) is 1.08. The zero-order chi connectivity index (χ0) is 18.9. The lowest BCUT2D eigenvalue weighted by Gasteiger charge is -2.16. The number of anilines is 1. The number of fused-ring (bicyclic) bond motifs is 1. The molecule has 0 radical (unpaired) electrons. The Bertz CT molecular complexity index is 1100. The molecule has 1 N–H and O–H groups in total. The van der Waals surface area contributed by atoms with Gasteiger partial charge in [0.25, 0.3) is 5.91 Å². The average Bonchev–Trinajstić information content (AvgIpc) is 3.24. The Kier molecular flexibility index (Phi) is 4.68. The summed E-state index contributed by atoms with van der Waals surface area (Å²) in [5.41, 5.74) is 0.995. The summed E-state index contributed by atoms with van der Waals surface area (Å²) in [5, 5.41) is 4.97. The molecule has 1 aliphatic rings. The first kappa shape index (κ1) is 17.7. The van der Waals surface area contributed by atoms with E-state index >= 15 is 0 Å². The molecule has 0 aliphatic carbocycles. The number of amides is 1. The molecule has 0 unspecified atom stereocenters. The topological polar surface area (TPSA) is 66.5 Å². The molecule has 3 aromatic rings. The number of carbonyl (C=O) groups is 1. The van der Waals surface area contributed by atoms with E-state index in [1.54, 1.807) is 18.2 Å². The van der Waals surface area contributed by atoms with Gasteiger partial charge < -0.3 is 5.32 Å². The molecular weight excluding hydrogens is 360 g/mol. The van der Waals surface area contributed by atoms with Crippen molar-refractivity contribution < 1.29 is 13.2 Å². The molecule has 27 heavy (non-hydrogen) atoms. The van der Waals surface area contributed by atoms with Crippen molar-refractivity contribution in [2.75, 3.05) is 18.4 Å². The lowest BCUT2D eigenvalue weighted by Crippen LogP contribution is -2.28. The molecule has 1 saturated heterocycles. The first-order valence-corrected chi connectivity index (χ1v) is 10.4. The number of nitrogens with one attached hydrogen (secondary N) is 1. The third kappa shape index (κ3) is 3.59. The SMILES string of the molecule is O=C(Nc1ccc2ccccc2c1)c1cccc(S(=O)(=O)N2CCCC2)c1. The molecule has 0 saturated carbocycles. The van der Waals surface area contributed by atoms with E-state index in [1.807, 2.05) is 42.5 Å². The molecule has 6 heteroatoms. The van der Waals surface area contributed by atoms with Gasteiger partial charge in [-0.2, -0.15) is 4.31 Å². The third-order valence-corrected chi connectivity index (χ3v) is 6.70. The monoisotopic (exact) mass is 380 g/mol. The number of benzene rings is 3. The van der Waals surface area contributed by atoms with Crippen LogP contribution in [0.2, 0.25) is 0 Å². The van der Waals surface area contributed by atoms with Gasteiger partial charge in [-0.3, -0.25) is 4.79 Å². The van der Waals surface area contributed by atoms with E-state index in [4.69, 9.17) is 0 Å². The highest BCUT2D eigenvalue weighted by atomic mass is 32.2. The highest BCUT2D eigenvalue weighted by molar-refractivity contribution is 7.89. The quantitative estimate of drug-likeness (QED) is 0.747. The van der Waals surface area contributed by atoms with Gasteiger partial charge in [-0.05, 0) is 53.9 Å². The van der Waals surface area contributed by atoms with E-state index < -0.39 is 10.0 Å². The Labute approximate surface area is 158 Å². The van der Waals surface area contributed by atoms with Crippen LogP contribution in [0.15, 0.2) is 71.6 Å². The summed E-state index contributed by atoms with van der Waals surface area (Å²) in [6, 6.07) is 19.8. The molecule has 0 spiro atoms. The van der Waals surface area contributed by atoms with E-state index in [0.29, 0.717) is 24.3 Å². The predicted molar refractivity (Wildman–Crippen MR) is 106 cm³/mol. The molecule has 1 amide bonds. The highest BCUT2D eigenvalue weighted by Gasteiger charge is 2.27. The number of hydrogen-bond donors (Lipinski definition) is 1. The van der Waals surface area contributed by atoms with Crippen LogP contribution in [0.5, 0.6) is 0 Å². The zero-order valence-corrected chi connectivity index (χ0v) is 15.6.